The average molecular weight is 356 g/mol. The second kappa shape index (κ2) is 6.65. The van der Waals surface area contributed by atoms with E-state index in [1.165, 1.54) is 17.0 Å². The number of carbonyl (C=O) groups excluding carboxylic acids is 1. The number of hydrogen-bond acceptors (Lipinski definition) is 2. The van der Waals surface area contributed by atoms with Crippen molar-refractivity contribution in [1.29, 1.82) is 0 Å². The summed E-state index contributed by atoms with van der Waals surface area (Å²) in [4.78, 5) is 13.4. The van der Waals surface area contributed by atoms with Crippen LogP contribution in [0.15, 0.2) is 22.7 Å². The van der Waals surface area contributed by atoms with Crippen molar-refractivity contribution in [2.75, 3.05) is 25.6 Å². The van der Waals surface area contributed by atoms with Crippen LogP contribution in [0, 0.1) is 0 Å². The zero-order valence-electron chi connectivity index (χ0n) is 10.4. The van der Waals surface area contributed by atoms with Gasteiger partial charge >= 0.3 is 6.18 Å². The van der Waals surface area contributed by atoms with E-state index in [4.69, 9.17) is 0 Å². The quantitative estimate of drug-likeness (QED) is 0.816. The van der Waals surface area contributed by atoms with E-state index in [-0.39, 0.29) is 10.0 Å². The number of alkyl halides is 3. The Morgan fingerprint density at radius 2 is 2.05 bits per heavy atom. The Labute approximate surface area is 122 Å². The van der Waals surface area contributed by atoms with Gasteiger partial charge in [0.1, 0.15) is 0 Å². The summed E-state index contributed by atoms with van der Waals surface area (Å²) in [6.07, 6.45) is -2.58. The van der Waals surface area contributed by atoms with Gasteiger partial charge < -0.3 is 4.90 Å². The average Bonchev–Trinajstić information content (AvgIpc) is 2.34. The summed E-state index contributed by atoms with van der Waals surface area (Å²) in [6, 6.07) is 3.51. The van der Waals surface area contributed by atoms with Crippen molar-refractivity contribution in [3.05, 3.63) is 33.8 Å². The predicted octanol–water partition coefficient (Wildman–Crippen LogP) is 3.90. The number of nitrogens with zero attached hydrogens (tertiary/aromatic N) is 1. The number of halogens is 4. The molecule has 0 heterocycles. The van der Waals surface area contributed by atoms with Crippen LogP contribution in [0.25, 0.3) is 0 Å². The first-order valence-electron chi connectivity index (χ1n) is 5.38. The molecule has 7 heteroatoms. The molecule has 1 amide bonds. The summed E-state index contributed by atoms with van der Waals surface area (Å²) in [6.45, 7) is 0.497. The standard InChI is InChI=1S/C12H13BrF3NOS/c1-17(5-6-19-2)11(18)8-3-4-10(13)9(7-8)12(14,15)16/h3-4,7H,5-6H2,1-2H3. The highest BCUT2D eigenvalue weighted by atomic mass is 79.9. The maximum atomic E-state index is 12.7. The number of rotatable bonds is 4. The minimum atomic E-state index is -4.48. The van der Waals surface area contributed by atoms with Crippen LogP contribution in [0.1, 0.15) is 15.9 Å². The molecule has 0 saturated carbocycles. The number of hydrogen-bond donors (Lipinski definition) is 0. The first kappa shape index (κ1) is 16.4. The number of thioether (sulfide) groups is 1. The fraction of sp³-hybridized carbons (Fsp3) is 0.417. The molecule has 0 N–H and O–H groups in total. The molecule has 2 nitrogen and oxygen atoms in total. The van der Waals surface area contributed by atoms with Gasteiger partial charge in [-0.25, -0.2) is 0 Å². The van der Waals surface area contributed by atoms with Crippen molar-refractivity contribution in [1.82, 2.24) is 4.90 Å². The zero-order valence-corrected chi connectivity index (χ0v) is 12.8. The summed E-state index contributed by atoms with van der Waals surface area (Å²) in [5, 5.41) is 0. The Balaban J connectivity index is 2.99. The molecule has 0 bridgehead atoms. The van der Waals surface area contributed by atoms with Gasteiger partial charge in [-0.15, -0.1) is 0 Å². The number of carbonyl (C=O) groups is 1. The minimum Gasteiger partial charge on any atom is -0.341 e. The van der Waals surface area contributed by atoms with Crippen molar-refractivity contribution < 1.29 is 18.0 Å². The van der Waals surface area contributed by atoms with E-state index < -0.39 is 17.6 Å². The van der Waals surface area contributed by atoms with E-state index >= 15 is 0 Å². The molecule has 0 aliphatic carbocycles. The lowest BCUT2D eigenvalue weighted by Gasteiger charge is -2.18. The van der Waals surface area contributed by atoms with Crippen LogP contribution in [0.5, 0.6) is 0 Å². The molecule has 0 radical (unpaired) electrons. The Hall–Kier alpha value is -0.690. The van der Waals surface area contributed by atoms with E-state index in [0.29, 0.717) is 6.54 Å². The van der Waals surface area contributed by atoms with Crippen molar-refractivity contribution >= 4 is 33.6 Å². The van der Waals surface area contributed by atoms with Gasteiger partial charge in [0.15, 0.2) is 0 Å². The van der Waals surface area contributed by atoms with Gasteiger partial charge in [0.2, 0.25) is 0 Å². The van der Waals surface area contributed by atoms with Crippen molar-refractivity contribution in [2.45, 2.75) is 6.18 Å². The van der Waals surface area contributed by atoms with Gasteiger partial charge in [-0.05, 0) is 24.5 Å². The van der Waals surface area contributed by atoms with Gasteiger partial charge in [0.25, 0.3) is 5.91 Å². The van der Waals surface area contributed by atoms with Crippen LogP contribution >= 0.6 is 27.7 Å². The lowest BCUT2D eigenvalue weighted by molar-refractivity contribution is -0.138. The molecule has 0 spiro atoms. The van der Waals surface area contributed by atoms with Crippen molar-refractivity contribution in [3.63, 3.8) is 0 Å². The third-order valence-electron chi connectivity index (χ3n) is 2.50. The largest absolute Gasteiger partial charge is 0.417 e. The molecular weight excluding hydrogens is 343 g/mol. The second-order valence-corrected chi connectivity index (χ2v) is 5.75. The van der Waals surface area contributed by atoms with Crippen LogP contribution in [-0.4, -0.2) is 36.4 Å². The van der Waals surface area contributed by atoms with E-state index in [1.807, 2.05) is 6.26 Å². The molecule has 1 aromatic carbocycles. The molecule has 0 saturated heterocycles. The lowest BCUT2D eigenvalue weighted by atomic mass is 10.1. The minimum absolute atomic E-state index is 0.0409. The third-order valence-corrected chi connectivity index (χ3v) is 3.78. The van der Waals surface area contributed by atoms with Crippen LogP contribution < -0.4 is 0 Å². The number of amides is 1. The summed E-state index contributed by atoms with van der Waals surface area (Å²) >= 11 is 4.42. The highest BCUT2D eigenvalue weighted by molar-refractivity contribution is 9.10. The third kappa shape index (κ3) is 4.42. The van der Waals surface area contributed by atoms with Crippen molar-refractivity contribution in [2.24, 2.45) is 0 Å². The molecule has 19 heavy (non-hydrogen) atoms. The highest BCUT2D eigenvalue weighted by Crippen LogP contribution is 2.35. The zero-order chi connectivity index (χ0) is 14.6. The molecule has 0 unspecified atom stereocenters. The molecule has 0 aliphatic heterocycles. The fourth-order valence-corrected chi connectivity index (χ4v) is 2.35. The SMILES string of the molecule is CSCCN(C)C(=O)c1ccc(Br)c(C(F)(F)F)c1. The summed E-state index contributed by atoms with van der Waals surface area (Å²) in [5.41, 5.74) is -0.796. The topological polar surface area (TPSA) is 20.3 Å². The molecule has 0 aromatic heterocycles. The van der Waals surface area contributed by atoms with Crippen LogP contribution in [-0.2, 0) is 6.18 Å². The first-order chi connectivity index (χ1) is 8.77. The van der Waals surface area contributed by atoms with E-state index in [2.05, 4.69) is 15.9 Å². The summed E-state index contributed by atoms with van der Waals surface area (Å²) in [7, 11) is 1.58. The second-order valence-electron chi connectivity index (χ2n) is 3.91. The first-order valence-corrected chi connectivity index (χ1v) is 7.57. The van der Waals surface area contributed by atoms with Crippen LogP contribution in [0.3, 0.4) is 0 Å². The number of benzene rings is 1. The smallest absolute Gasteiger partial charge is 0.341 e. The monoisotopic (exact) mass is 355 g/mol. The van der Waals surface area contributed by atoms with Crippen LogP contribution in [0.2, 0.25) is 0 Å². The highest BCUT2D eigenvalue weighted by Gasteiger charge is 2.33. The maximum absolute atomic E-state index is 12.7. The molecule has 0 fully saturated rings. The fourth-order valence-electron chi connectivity index (χ4n) is 1.43. The maximum Gasteiger partial charge on any atom is 0.417 e. The Morgan fingerprint density at radius 3 is 2.58 bits per heavy atom. The van der Waals surface area contributed by atoms with Gasteiger partial charge in [-0.2, -0.15) is 24.9 Å². The Bertz CT molecular complexity index is 465. The van der Waals surface area contributed by atoms with E-state index in [1.54, 1.807) is 18.8 Å². The summed E-state index contributed by atoms with van der Waals surface area (Å²) < 4.78 is 38.1. The lowest BCUT2D eigenvalue weighted by Crippen LogP contribution is -2.29. The molecule has 1 rings (SSSR count). The Kier molecular flexibility index (Phi) is 5.73. The van der Waals surface area contributed by atoms with Crippen LogP contribution in [0.4, 0.5) is 13.2 Å². The van der Waals surface area contributed by atoms with E-state index in [0.717, 1.165) is 11.8 Å². The molecule has 1 aromatic rings. The molecular formula is C12H13BrF3NOS. The predicted molar refractivity (Wildman–Crippen MR) is 74.5 cm³/mol. The molecule has 0 atom stereocenters. The molecule has 0 aliphatic rings. The van der Waals surface area contributed by atoms with Gasteiger partial charge in [-0.1, -0.05) is 15.9 Å². The Morgan fingerprint density at radius 1 is 1.42 bits per heavy atom. The normalized spacial score (nSPS) is 11.5. The van der Waals surface area contributed by atoms with Crippen molar-refractivity contribution in [3.8, 4) is 0 Å². The van der Waals surface area contributed by atoms with Gasteiger partial charge in [-0.3, -0.25) is 4.79 Å². The van der Waals surface area contributed by atoms with E-state index in [9.17, 15) is 18.0 Å². The van der Waals surface area contributed by atoms with Gasteiger partial charge in [0.05, 0.1) is 5.56 Å². The molecule has 106 valence electrons. The summed E-state index contributed by atoms with van der Waals surface area (Å²) in [5.74, 6) is 0.331. The van der Waals surface area contributed by atoms with Gasteiger partial charge in [0, 0.05) is 29.4 Å².